The lowest BCUT2D eigenvalue weighted by Gasteiger charge is -2.19. The quantitative estimate of drug-likeness (QED) is 0.888. The van der Waals surface area contributed by atoms with Crippen LogP contribution in [0.4, 0.5) is 13.2 Å². The van der Waals surface area contributed by atoms with Gasteiger partial charge in [0.1, 0.15) is 0 Å². The van der Waals surface area contributed by atoms with Crippen molar-refractivity contribution in [3.05, 3.63) is 16.8 Å². The minimum Gasteiger partial charge on any atom is -0.464 e. The Bertz CT molecular complexity index is 407. The molecule has 0 saturated carbocycles. The Kier molecular flexibility index (Phi) is 3.92. The second-order valence-corrected chi connectivity index (χ2v) is 3.70. The van der Waals surface area contributed by atoms with Gasteiger partial charge in [-0.25, -0.2) is 0 Å². The number of hydrogen-bond acceptors (Lipinski definition) is 4. The summed E-state index contributed by atoms with van der Waals surface area (Å²) in [7, 11) is 0. The van der Waals surface area contributed by atoms with E-state index >= 15 is 0 Å². The molecule has 0 aromatic carbocycles. The Hall–Kier alpha value is -1.37. The second kappa shape index (κ2) is 4.87. The van der Waals surface area contributed by atoms with Gasteiger partial charge in [-0.1, -0.05) is 0 Å². The van der Waals surface area contributed by atoms with E-state index in [-0.39, 0.29) is 12.4 Å². The number of halogens is 3. The maximum Gasteiger partial charge on any atom is 0.425 e. The summed E-state index contributed by atoms with van der Waals surface area (Å²) in [6, 6.07) is 0. The van der Waals surface area contributed by atoms with Crippen molar-refractivity contribution in [2.75, 3.05) is 0 Å². The maximum absolute atomic E-state index is 12.3. The second-order valence-electron chi connectivity index (χ2n) is 3.70. The molecule has 0 bridgehead atoms. The Balaban J connectivity index is 3.04. The Morgan fingerprint density at radius 3 is 2.35 bits per heavy atom. The van der Waals surface area contributed by atoms with Crippen molar-refractivity contribution >= 4 is 0 Å². The number of nitrogens with zero attached hydrogens (tertiary/aromatic N) is 2. The Morgan fingerprint density at radius 2 is 1.88 bits per heavy atom. The first-order valence-corrected chi connectivity index (χ1v) is 5.03. The lowest BCUT2D eigenvalue weighted by Crippen LogP contribution is -2.32. The summed E-state index contributed by atoms with van der Waals surface area (Å²) in [4.78, 5) is 0. The van der Waals surface area contributed by atoms with Crippen molar-refractivity contribution in [2.45, 2.75) is 39.6 Å². The summed E-state index contributed by atoms with van der Waals surface area (Å²) in [5, 5.41) is 7.34. The van der Waals surface area contributed by atoms with E-state index in [9.17, 15) is 13.2 Å². The minimum absolute atomic E-state index is 0.0576. The highest BCUT2D eigenvalue weighted by atomic mass is 19.4. The summed E-state index contributed by atoms with van der Waals surface area (Å²) in [6.07, 6.45) is -6.38. The fraction of sp³-hybridized carbons (Fsp3) is 0.600. The van der Waals surface area contributed by atoms with Crippen molar-refractivity contribution in [3.63, 3.8) is 0 Å². The van der Waals surface area contributed by atoms with Crippen LogP contribution in [0.5, 0.6) is 5.88 Å². The van der Waals surface area contributed by atoms with E-state index in [4.69, 9.17) is 10.5 Å². The fourth-order valence-electron chi connectivity index (χ4n) is 1.20. The van der Waals surface area contributed by atoms with E-state index in [1.807, 2.05) is 0 Å². The monoisotopic (exact) mass is 249 g/mol. The average molecular weight is 249 g/mol. The van der Waals surface area contributed by atoms with Crippen LogP contribution in [0.1, 0.15) is 23.7 Å². The molecular weight excluding hydrogens is 235 g/mol. The van der Waals surface area contributed by atoms with Crippen molar-refractivity contribution in [2.24, 2.45) is 5.73 Å². The number of ether oxygens (including phenoxy) is 1. The van der Waals surface area contributed by atoms with Gasteiger partial charge in [0.25, 0.3) is 0 Å². The van der Waals surface area contributed by atoms with Crippen LogP contribution < -0.4 is 10.5 Å². The van der Waals surface area contributed by atoms with Gasteiger partial charge in [0, 0.05) is 12.1 Å². The summed E-state index contributed by atoms with van der Waals surface area (Å²) < 4.78 is 41.8. The van der Waals surface area contributed by atoms with Crippen LogP contribution in [-0.4, -0.2) is 22.5 Å². The number of alkyl halides is 3. The Labute approximate surface area is 97.0 Å². The predicted molar refractivity (Wildman–Crippen MR) is 55.5 cm³/mol. The van der Waals surface area contributed by atoms with E-state index in [0.717, 1.165) is 6.92 Å². The Morgan fingerprint density at radius 1 is 1.29 bits per heavy atom. The molecule has 1 aromatic rings. The van der Waals surface area contributed by atoms with Gasteiger partial charge in [-0.3, -0.25) is 0 Å². The van der Waals surface area contributed by atoms with Crippen molar-refractivity contribution < 1.29 is 17.9 Å². The summed E-state index contributed by atoms with van der Waals surface area (Å²) in [5.74, 6) is -0.152. The molecule has 0 spiro atoms. The van der Waals surface area contributed by atoms with E-state index in [1.165, 1.54) is 0 Å². The molecule has 1 rings (SSSR count). The molecule has 0 aliphatic carbocycles. The predicted octanol–water partition coefficient (Wildman–Crippen LogP) is 1.88. The molecule has 1 heterocycles. The number of aryl methyl sites for hydroxylation is 1. The van der Waals surface area contributed by atoms with Crippen LogP contribution in [0, 0.1) is 13.8 Å². The van der Waals surface area contributed by atoms with Crippen LogP contribution in [0.25, 0.3) is 0 Å². The fourth-order valence-corrected chi connectivity index (χ4v) is 1.20. The summed E-state index contributed by atoms with van der Waals surface area (Å²) in [6.45, 7) is 4.40. The topological polar surface area (TPSA) is 61.0 Å². The van der Waals surface area contributed by atoms with Crippen LogP contribution >= 0.6 is 0 Å². The lowest BCUT2D eigenvalue weighted by molar-refractivity contribution is -0.190. The first-order chi connectivity index (χ1) is 7.77. The largest absolute Gasteiger partial charge is 0.464 e. The molecule has 0 saturated heterocycles. The minimum atomic E-state index is -4.44. The zero-order chi connectivity index (χ0) is 13.2. The molecule has 1 aromatic heterocycles. The van der Waals surface area contributed by atoms with Gasteiger partial charge in [0.2, 0.25) is 5.88 Å². The standard InChI is InChI=1S/C10H14F3N3O/c1-5-6(2)15-16-9(8(5)4-14)17-7(3)10(11,12)13/h7H,4,14H2,1-3H3. The van der Waals surface area contributed by atoms with E-state index in [2.05, 4.69) is 10.2 Å². The summed E-state index contributed by atoms with van der Waals surface area (Å²) in [5.41, 5.74) is 7.25. The molecule has 0 radical (unpaired) electrons. The molecule has 17 heavy (non-hydrogen) atoms. The van der Waals surface area contributed by atoms with Crippen molar-refractivity contribution in [3.8, 4) is 5.88 Å². The van der Waals surface area contributed by atoms with Crippen molar-refractivity contribution in [1.82, 2.24) is 10.2 Å². The first kappa shape index (κ1) is 13.7. The highest BCUT2D eigenvalue weighted by molar-refractivity contribution is 5.35. The van der Waals surface area contributed by atoms with Gasteiger partial charge in [-0.15, -0.1) is 5.10 Å². The molecule has 1 atom stereocenters. The highest BCUT2D eigenvalue weighted by Crippen LogP contribution is 2.27. The zero-order valence-corrected chi connectivity index (χ0v) is 9.80. The summed E-state index contributed by atoms with van der Waals surface area (Å²) >= 11 is 0. The third-order valence-corrected chi connectivity index (χ3v) is 2.50. The number of rotatable bonds is 3. The van der Waals surface area contributed by atoms with Crippen molar-refractivity contribution in [1.29, 1.82) is 0 Å². The molecule has 7 heteroatoms. The highest BCUT2D eigenvalue weighted by Gasteiger charge is 2.38. The molecular formula is C10H14F3N3O. The molecule has 4 nitrogen and oxygen atoms in total. The van der Waals surface area contributed by atoms with Crippen LogP contribution in [0.15, 0.2) is 0 Å². The number of nitrogens with two attached hydrogens (primary N) is 1. The molecule has 1 unspecified atom stereocenters. The number of aromatic nitrogens is 2. The van der Waals surface area contributed by atoms with E-state index < -0.39 is 12.3 Å². The molecule has 0 fully saturated rings. The van der Waals surface area contributed by atoms with Crippen LogP contribution in [0.3, 0.4) is 0 Å². The SMILES string of the molecule is Cc1nnc(OC(C)C(F)(F)F)c(CN)c1C. The van der Waals surface area contributed by atoms with Gasteiger partial charge in [-0.2, -0.15) is 18.3 Å². The zero-order valence-electron chi connectivity index (χ0n) is 9.80. The molecule has 0 amide bonds. The van der Waals surface area contributed by atoms with E-state index in [1.54, 1.807) is 13.8 Å². The molecule has 96 valence electrons. The van der Waals surface area contributed by atoms with Gasteiger partial charge in [0.05, 0.1) is 5.69 Å². The lowest BCUT2D eigenvalue weighted by atomic mass is 10.1. The third-order valence-electron chi connectivity index (χ3n) is 2.50. The van der Waals surface area contributed by atoms with Gasteiger partial charge in [-0.05, 0) is 26.3 Å². The third kappa shape index (κ3) is 3.06. The number of hydrogen-bond donors (Lipinski definition) is 1. The smallest absolute Gasteiger partial charge is 0.425 e. The van der Waals surface area contributed by atoms with E-state index in [0.29, 0.717) is 16.8 Å². The normalized spacial score (nSPS) is 13.6. The average Bonchev–Trinajstić information content (AvgIpc) is 2.22. The molecule has 0 aliphatic heterocycles. The first-order valence-electron chi connectivity index (χ1n) is 5.03. The van der Waals surface area contributed by atoms with Gasteiger partial charge < -0.3 is 10.5 Å². The van der Waals surface area contributed by atoms with Gasteiger partial charge >= 0.3 is 6.18 Å². The molecule has 2 N–H and O–H groups in total. The van der Waals surface area contributed by atoms with Crippen LogP contribution in [-0.2, 0) is 6.54 Å². The van der Waals surface area contributed by atoms with Gasteiger partial charge in [0.15, 0.2) is 6.10 Å². The van der Waals surface area contributed by atoms with Crippen LogP contribution in [0.2, 0.25) is 0 Å². The molecule has 0 aliphatic rings. The maximum atomic E-state index is 12.3.